The highest BCUT2D eigenvalue weighted by molar-refractivity contribution is 6.05. The fourth-order valence-electron chi connectivity index (χ4n) is 3.04. The molecule has 0 heterocycles. The van der Waals surface area contributed by atoms with E-state index in [9.17, 15) is 0 Å². The van der Waals surface area contributed by atoms with Gasteiger partial charge in [0.1, 0.15) is 0 Å². The molecule has 0 bridgehead atoms. The Bertz CT molecular complexity index is 1060. The third-order valence-corrected chi connectivity index (χ3v) is 4.45. The van der Waals surface area contributed by atoms with Crippen molar-refractivity contribution in [2.24, 2.45) is 4.99 Å². The van der Waals surface area contributed by atoms with Gasteiger partial charge in [0.2, 0.25) is 0 Å². The predicted octanol–water partition coefficient (Wildman–Crippen LogP) is 6.44. The molecule has 0 radical (unpaired) electrons. The van der Waals surface area contributed by atoms with Crippen LogP contribution < -0.4 is 0 Å². The summed E-state index contributed by atoms with van der Waals surface area (Å²) in [6.45, 7) is 4.16. The normalized spacial score (nSPS) is 12.0. The molecular formula is C23H19N. The number of fused-ring (bicyclic) bond motifs is 2. The van der Waals surface area contributed by atoms with E-state index < -0.39 is 0 Å². The zero-order valence-electron chi connectivity index (χ0n) is 14.0. The number of hydrogen-bond acceptors (Lipinski definition) is 1. The van der Waals surface area contributed by atoms with Gasteiger partial charge in [0.25, 0.3) is 0 Å². The van der Waals surface area contributed by atoms with E-state index >= 15 is 0 Å². The van der Waals surface area contributed by atoms with Gasteiger partial charge in [-0.2, -0.15) is 0 Å². The summed E-state index contributed by atoms with van der Waals surface area (Å²) in [6.07, 6.45) is 0. The monoisotopic (exact) mass is 309 g/mol. The number of hydrogen-bond donors (Lipinski definition) is 0. The van der Waals surface area contributed by atoms with Crippen LogP contribution in [-0.4, -0.2) is 5.71 Å². The Balaban J connectivity index is 1.78. The van der Waals surface area contributed by atoms with Gasteiger partial charge in [0, 0.05) is 5.71 Å². The van der Waals surface area contributed by atoms with Gasteiger partial charge in [-0.1, -0.05) is 54.1 Å². The van der Waals surface area contributed by atoms with Gasteiger partial charge in [-0.3, -0.25) is 4.99 Å². The van der Waals surface area contributed by atoms with Crippen LogP contribution in [0.3, 0.4) is 0 Å². The van der Waals surface area contributed by atoms with E-state index in [0.717, 1.165) is 11.4 Å². The average molecular weight is 309 g/mol. The molecule has 0 fully saturated rings. The second-order valence-corrected chi connectivity index (χ2v) is 6.29. The van der Waals surface area contributed by atoms with Crippen molar-refractivity contribution in [3.8, 4) is 0 Å². The van der Waals surface area contributed by atoms with E-state index in [-0.39, 0.29) is 0 Å². The molecule has 0 amide bonds. The zero-order chi connectivity index (χ0) is 16.5. The predicted molar refractivity (Wildman–Crippen MR) is 105 cm³/mol. The van der Waals surface area contributed by atoms with Gasteiger partial charge in [0.05, 0.1) is 5.69 Å². The lowest BCUT2D eigenvalue weighted by Gasteiger charge is -2.06. The van der Waals surface area contributed by atoms with Crippen LogP contribution in [0.4, 0.5) is 5.69 Å². The standard InChI is InChI=1S/C23H19N/c1-16-7-11-23(12-8-16)24-17(2)18-9-10-21-14-19-5-3-4-6-20(19)15-22(21)13-18/h3-15H,1-2H3. The largest absolute Gasteiger partial charge is 0.253 e. The maximum Gasteiger partial charge on any atom is 0.0633 e. The minimum Gasteiger partial charge on any atom is -0.253 e. The summed E-state index contributed by atoms with van der Waals surface area (Å²) in [5.74, 6) is 0. The average Bonchev–Trinajstić information content (AvgIpc) is 2.61. The molecule has 0 aromatic heterocycles. The van der Waals surface area contributed by atoms with Crippen LogP contribution in [0.15, 0.2) is 83.9 Å². The molecule has 0 saturated heterocycles. The minimum absolute atomic E-state index is 0.997. The molecule has 0 aliphatic carbocycles. The molecule has 0 aliphatic heterocycles. The first-order valence-corrected chi connectivity index (χ1v) is 8.24. The van der Waals surface area contributed by atoms with Crippen molar-refractivity contribution >= 4 is 32.9 Å². The number of aryl methyl sites for hydroxylation is 1. The first-order chi connectivity index (χ1) is 11.7. The maximum absolute atomic E-state index is 4.76. The zero-order valence-corrected chi connectivity index (χ0v) is 14.0. The van der Waals surface area contributed by atoms with Gasteiger partial charge >= 0.3 is 0 Å². The van der Waals surface area contributed by atoms with Crippen LogP contribution in [0, 0.1) is 6.92 Å². The Morgan fingerprint density at radius 1 is 0.667 bits per heavy atom. The van der Waals surface area contributed by atoms with Crippen molar-refractivity contribution in [1.29, 1.82) is 0 Å². The highest BCUT2D eigenvalue weighted by atomic mass is 14.7. The Kier molecular flexibility index (Phi) is 3.62. The van der Waals surface area contributed by atoms with Crippen LogP contribution in [0.2, 0.25) is 0 Å². The molecule has 0 saturated carbocycles. The second-order valence-electron chi connectivity index (χ2n) is 6.29. The lowest BCUT2D eigenvalue weighted by molar-refractivity contribution is 1.42. The van der Waals surface area contributed by atoms with Gasteiger partial charge in [0.15, 0.2) is 0 Å². The fourth-order valence-corrected chi connectivity index (χ4v) is 3.04. The van der Waals surface area contributed by atoms with E-state index in [0.29, 0.717) is 0 Å². The van der Waals surface area contributed by atoms with E-state index in [2.05, 4.69) is 92.7 Å². The van der Waals surface area contributed by atoms with E-state index in [1.165, 1.54) is 32.7 Å². The number of aliphatic imine (C=N–C) groups is 1. The van der Waals surface area contributed by atoms with Gasteiger partial charge < -0.3 is 0 Å². The third kappa shape index (κ3) is 2.81. The molecule has 4 rings (SSSR count). The van der Waals surface area contributed by atoms with Crippen molar-refractivity contribution in [3.05, 3.63) is 90.0 Å². The van der Waals surface area contributed by atoms with Crippen LogP contribution in [0.1, 0.15) is 18.1 Å². The molecule has 116 valence electrons. The minimum atomic E-state index is 0.997. The summed E-state index contributed by atoms with van der Waals surface area (Å²) < 4.78 is 0. The van der Waals surface area contributed by atoms with Crippen molar-refractivity contribution in [2.75, 3.05) is 0 Å². The lowest BCUT2D eigenvalue weighted by atomic mass is 10.0. The molecule has 1 heteroatoms. The summed E-state index contributed by atoms with van der Waals surface area (Å²) in [5.41, 5.74) is 4.45. The molecule has 0 spiro atoms. The molecule has 0 unspecified atom stereocenters. The lowest BCUT2D eigenvalue weighted by Crippen LogP contribution is -1.94. The molecule has 0 atom stereocenters. The highest BCUT2D eigenvalue weighted by Crippen LogP contribution is 2.24. The smallest absolute Gasteiger partial charge is 0.0633 e. The summed E-state index contributed by atoms with van der Waals surface area (Å²) >= 11 is 0. The molecule has 0 aliphatic rings. The topological polar surface area (TPSA) is 12.4 Å². The van der Waals surface area contributed by atoms with Gasteiger partial charge in [-0.05, 0) is 71.3 Å². The Morgan fingerprint density at radius 3 is 2.00 bits per heavy atom. The second kappa shape index (κ2) is 5.93. The van der Waals surface area contributed by atoms with Gasteiger partial charge in [-0.15, -0.1) is 0 Å². The number of benzene rings is 4. The number of rotatable bonds is 2. The third-order valence-electron chi connectivity index (χ3n) is 4.45. The Labute approximate surface area is 142 Å². The molecule has 1 nitrogen and oxygen atoms in total. The van der Waals surface area contributed by atoms with Crippen molar-refractivity contribution in [2.45, 2.75) is 13.8 Å². The molecule has 4 aromatic rings. The van der Waals surface area contributed by atoms with E-state index in [1.54, 1.807) is 0 Å². The summed E-state index contributed by atoms with van der Waals surface area (Å²) in [7, 11) is 0. The van der Waals surface area contributed by atoms with Crippen molar-refractivity contribution < 1.29 is 0 Å². The Morgan fingerprint density at radius 2 is 1.29 bits per heavy atom. The SMILES string of the molecule is CC(=Nc1ccc(C)cc1)c1ccc2cc3ccccc3cc2c1. The summed E-state index contributed by atoms with van der Waals surface area (Å²) in [6, 6.07) is 27.9. The van der Waals surface area contributed by atoms with Crippen LogP contribution in [0.25, 0.3) is 21.5 Å². The van der Waals surface area contributed by atoms with Crippen LogP contribution in [0.5, 0.6) is 0 Å². The van der Waals surface area contributed by atoms with E-state index in [1.807, 2.05) is 0 Å². The molecule has 24 heavy (non-hydrogen) atoms. The van der Waals surface area contributed by atoms with Crippen molar-refractivity contribution in [3.63, 3.8) is 0 Å². The van der Waals surface area contributed by atoms with Crippen LogP contribution >= 0.6 is 0 Å². The molecule has 4 aromatic carbocycles. The quantitative estimate of drug-likeness (QED) is 0.298. The molecule has 0 N–H and O–H groups in total. The van der Waals surface area contributed by atoms with Crippen LogP contribution in [-0.2, 0) is 0 Å². The van der Waals surface area contributed by atoms with Gasteiger partial charge in [-0.25, -0.2) is 0 Å². The summed E-state index contributed by atoms with van der Waals surface area (Å²) in [4.78, 5) is 4.76. The first-order valence-electron chi connectivity index (χ1n) is 8.24. The maximum atomic E-state index is 4.76. The van der Waals surface area contributed by atoms with Crippen molar-refractivity contribution in [1.82, 2.24) is 0 Å². The summed E-state index contributed by atoms with van der Waals surface area (Å²) in [5, 5.41) is 5.07. The molecular weight excluding hydrogens is 290 g/mol. The Hall–Kier alpha value is -2.93. The fraction of sp³-hybridized carbons (Fsp3) is 0.0870. The van der Waals surface area contributed by atoms with E-state index in [4.69, 9.17) is 4.99 Å². The number of nitrogens with zero attached hydrogens (tertiary/aromatic N) is 1. The first kappa shape index (κ1) is 14.6. The highest BCUT2D eigenvalue weighted by Gasteiger charge is 2.02.